The number of guanidine groups is 1. The van der Waals surface area contributed by atoms with Crippen molar-refractivity contribution >= 4 is 29.9 Å². The van der Waals surface area contributed by atoms with Gasteiger partial charge in [-0.1, -0.05) is 6.92 Å². The van der Waals surface area contributed by atoms with Crippen LogP contribution in [0.2, 0.25) is 0 Å². The Morgan fingerprint density at radius 2 is 1.79 bits per heavy atom. The fourth-order valence-corrected chi connectivity index (χ4v) is 3.64. The molecule has 0 aromatic rings. The zero-order valence-electron chi connectivity index (χ0n) is 16.0. The van der Waals surface area contributed by atoms with Crippen molar-refractivity contribution in [3.8, 4) is 0 Å². The van der Waals surface area contributed by atoms with E-state index in [1.807, 2.05) is 7.05 Å². The number of likely N-dealkylation sites (tertiary alicyclic amines) is 2. The molecule has 2 saturated heterocycles. The minimum atomic E-state index is 0. The van der Waals surface area contributed by atoms with Crippen molar-refractivity contribution in [3.63, 3.8) is 0 Å². The van der Waals surface area contributed by atoms with E-state index in [4.69, 9.17) is 4.74 Å². The summed E-state index contributed by atoms with van der Waals surface area (Å²) in [6.45, 7) is 13.1. The zero-order valence-corrected chi connectivity index (χ0v) is 18.3. The Kier molecular flexibility index (Phi) is 10.5. The number of piperidine rings is 2. The van der Waals surface area contributed by atoms with Crippen LogP contribution in [0, 0.1) is 5.92 Å². The van der Waals surface area contributed by atoms with E-state index in [1.165, 1.54) is 25.9 Å². The minimum Gasteiger partial charge on any atom is -0.378 e. The highest BCUT2D eigenvalue weighted by Gasteiger charge is 2.23. The SMILES string of the molecule is CCOC1CCN(C(=NC)NCC(C)N2CCC(C)CC2)CC1.I. The van der Waals surface area contributed by atoms with Gasteiger partial charge in [-0.15, -0.1) is 24.0 Å². The fourth-order valence-electron chi connectivity index (χ4n) is 3.64. The number of rotatable bonds is 5. The molecule has 2 rings (SSSR count). The van der Waals surface area contributed by atoms with E-state index in [0.29, 0.717) is 12.1 Å². The molecule has 0 saturated carbocycles. The van der Waals surface area contributed by atoms with Crippen molar-refractivity contribution in [2.75, 3.05) is 46.4 Å². The summed E-state index contributed by atoms with van der Waals surface area (Å²) in [5.74, 6) is 1.95. The van der Waals surface area contributed by atoms with Crippen LogP contribution in [0.1, 0.15) is 46.5 Å². The summed E-state index contributed by atoms with van der Waals surface area (Å²) >= 11 is 0. The quantitative estimate of drug-likeness (QED) is 0.396. The van der Waals surface area contributed by atoms with Gasteiger partial charge in [-0.2, -0.15) is 0 Å². The Balaban J connectivity index is 0.00000288. The first-order valence-electron chi connectivity index (χ1n) is 9.45. The molecule has 0 aromatic heterocycles. The standard InChI is InChI=1S/C18H36N4O.HI/c1-5-23-17-8-12-22(13-9-17)18(19-4)20-14-16(3)21-10-6-15(2)7-11-21;/h15-17H,5-14H2,1-4H3,(H,19,20);1H. The third-order valence-electron chi connectivity index (χ3n) is 5.35. The van der Waals surface area contributed by atoms with Crippen molar-refractivity contribution in [1.82, 2.24) is 15.1 Å². The average molecular weight is 452 g/mol. The van der Waals surface area contributed by atoms with Gasteiger partial charge in [-0.3, -0.25) is 9.89 Å². The Labute approximate surface area is 165 Å². The van der Waals surface area contributed by atoms with Gasteiger partial charge in [0.15, 0.2) is 5.96 Å². The average Bonchev–Trinajstić information content (AvgIpc) is 2.57. The lowest BCUT2D eigenvalue weighted by atomic mass is 9.98. The van der Waals surface area contributed by atoms with Crippen LogP contribution in [-0.4, -0.2) is 74.3 Å². The zero-order chi connectivity index (χ0) is 16.7. The van der Waals surface area contributed by atoms with Gasteiger partial charge < -0.3 is 15.0 Å². The van der Waals surface area contributed by atoms with Crippen molar-refractivity contribution < 1.29 is 4.74 Å². The van der Waals surface area contributed by atoms with Crippen LogP contribution in [0.3, 0.4) is 0 Å². The van der Waals surface area contributed by atoms with Gasteiger partial charge in [-0.25, -0.2) is 0 Å². The van der Waals surface area contributed by atoms with Crippen LogP contribution in [0.4, 0.5) is 0 Å². The molecule has 1 unspecified atom stereocenters. The van der Waals surface area contributed by atoms with Gasteiger partial charge >= 0.3 is 0 Å². The molecule has 0 bridgehead atoms. The van der Waals surface area contributed by atoms with E-state index >= 15 is 0 Å². The number of nitrogens with zero attached hydrogens (tertiary/aromatic N) is 3. The van der Waals surface area contributed by atoms with Crippen molar-refractivity contribution in [3.05, 3.63) is 0 Å². The van der Waals surface area contributed by atoms with Gasteiger partial charge in [0.05, 0.1) is 6.10 Å². The molecular weight excluding hydrogens is 415 g/mol. The summed E-state index contributed by atoms with van der Waals surface area (Å²) in [5, 5.41) is 3.59. The highest BCUT2D eigenvalue weighted by atomic mass is 127. The van der Waals surface area contributed by atoms with Crippen molar-refractivity contribution in [1.29, 1.82) is 0 Å². The first-order valence-corrected chi connectivity index (χ1v) is 9.45. The molecule has 2 fully saturated rings. The topological polar surface area (TPSA) is 40.1 Å². The summed E-state index contributed by atoms with van der Waals surface area (Å²) in [4.78, 5) is 9.47. The van der Waals surface area contributed by atoms with Gasteiger partial charge in [0.2, 0.25) is 0 Å². The van der Waals surface area contributed by atoms with Gasteiger partial charge in [-0.05, 0) is 58.5 Å². The predicted octanol–water partition coefficient (Wildman–Crippen LogP) is 2.80. The second-order valence-corrected chi connectivity index (χ2v) is 7.14. The fraction of sp³-hybridized carbons (Fsp3) is 0.944. The summed E-state index contributed by atoms with van der Waals surface area (Å²) in [5.41, 5.74) is 0. The molecule has 0 amide bonds. The van der Waals surface area contributed by atoms with Crippen LogP contribution in [0.25, 0.3) is 0 Å². The largest absolute Gasteiger partial charge is 0.378 e. The molecule has 1 N–H and O–H groups in total. The van der Waals surface area contributed by atoms with Crippen LogP contribution in [-0.2, 0) is 4.74 Å². The lowest BCUT2D eigenvalue weighted by Crippen LogP contribution is -2.51. The van der Waals surface area contributed by atoms with Crippen LogP contribution >= 0.6 is 24.0 Å². The molecule has 0 spiro atoms. The second-order valence-electron chi connectivity index (χ2n) is 7.14. The predicted molar refractivity (Wildman–Crippen MR) is 112 cm³/mol. The maximum Gasteiger partial charge on any atom is 0.193 e. The molecule has 142 valence electrons. The maximum atomic E-state index is 5.74. The molecule has 1 atom stereocenters. The third-order valence-corrected chi connectivity index (χ3v) is 5.35. The summed E-state index contributed by atoms with van der Waals surface area (Å²) in [6.07, 6.45) is 5.32. The van der Waals surface area contributed by atoms with E-state index in [1.54, 1.807) is 0 Å². The molecular formula is C18H37IN4O. The number of halogens is 1. The van der Waals surface area contributed by atoms with Crippen LogP contribution in [0.5, 0.6) is 0 Å². The van der Waals surface area contributed by atoms with Crippen LogP contribution < -0.4 is 5.32 Å². The van der Waals surface area contributed by atoms with Crippen molar-refractivity contribution in [2.24, 2.45) is 10.9 Å². The monoisotopic (exact) mass is 452 g/mol. The third kappa shape index (κ3) is 6.67. The molecule has 5 nitrogen and oxygen atoms in total. The second kappa shape index (κ2) is 11.5. The Bertz CT molecular complexity index is 364. The number of hydrogen-bond acceptors (Lipinski definition) is 3. The van der Waals surface area contributed by atoms with Crippen molar-refractivity contribution in [2.45, 2.75) is 58.6 Å². The molecule has 0 aliphatic carbocycles. The number of nitrogens with one attached hydrogen (secondary N) is 1. The minimum absolute atomic E-state index is 0. The normalized spacial score (nSPS) is 23.0. The molecule has 0 aromatic carbocycles. The Hall–Kier alpha value is -0.0800. The van der Waals surface area contributed by atoms with Gasteiger partial charge in [0.1, 0.15) is 0 Å². The van der Waals surface area contributed by atoms with E-state index in [0.717, 1.165) is 51.0 Å². The molecule has 2 aliphatic heterocycles. The summed E-state index contributed by atoms with van der Waals surface area (Å²) < 4.78 is 5.74. The van der Waals surface area contributed by atoms with E-state index in [9.17, 15) is 0 Å². The lowest BCUT2D eigenvalue weighted by Gasteiger charge is -2.37. The van der Waals surface area contributed by atoms with E-state index in [2.05, 4.69) is 40.9 Å². The molecule has 6 heteroatoms. The lowest BCUT2D eigenvalue weighted by molar-refractivity contribution is 0.0263. The first kappa shape index (κ1) is 22.0. The number of aliphatic imine (C=N–C) groups is 1. The smallest absolute Gasteiger partial charge is 0.193 e. The highest BCUT2D eigenvalue weighted by molar-refractivity contribution is 14.0. The Morgan fingerprint density at radius 1 is 1.17 bits per heavy atom. The summed E-state index contributed by atoms with van der Waals surface area (Å²) in [7, 11) is 1.89. The van der Waals surface area contributed by atoms with E-state index < -0.39 is 0 Å². The highest BCUT2D eigenvalue weighted by Crippen LogP contribution is 2.18. The number of ether oxygens (including phenoxy) is 1. The van der Waals surface area contributed by atoms with Crippen LogP contribution in [0.15, 0.2) is 4.99 Å². The molecule has 24 heavy (non-hydrogen) atoms. The summed E-state index contributed by atoms with van der Waals surface area (Å²) in [6, 6.07) is 0.570. The molecule has 0 radical (unpaired) electrons. The maximum absolute atomic E-state index is 5.74. The molecule has 2 heterocycles. The number of hydrogen-bond donors (Lipinski definition) is 1. The van der Waals surface area contributed by atoms with Gasteiger partial charge in [0, 0.05) is 39.3 Å². The first-order chi connectivity index (χ1) is 11.1. The molecule has 2 aliphatic rings. The van der Waals surface area contributed by atoms with Gasteiger partial charge in [0.25, 0.3) is 0 Å². The van der Waals surface area contributed by atoms with E-state index in [-0.39, 0.29) is 24.0 Å². The Morgan fingerprint density at radius 3 is 2.33 bits per heavy atom.